The van der Waals surface area contributed by atoms with Gasteiger partial charge in [0.05, 0.1) is 9.40 Å². The fourth-order valence-electron chi connectivity index (χ4n) is 2.21. The monoisotopic (exact) mass is 436 g/mol. The van der Waals surface area contributed by atoms with Crippen molar-refractivity contribution in [2.45, 2.75) is 6.92 Å². The van der Waals surface area contributed by atoms with Crippen LogP contribution in [-0.2, 0) is 0 Å². The van der Waals surface area contributed by atoms with Crippen LogP contribution in [0.5, 0.6) is 11.5 Å². The molecule has 2 aromatic carbocycles. The number of benzene rings is 2. The number of ether oxygens (including phenoxy) is 1. The highest BCUT2D eigenvalue weighted by Crippen LogP contribution is 2.41. The molecule has 0 atom stereocenters. The molecule has 0 spiro atoms. The minimum atomic E-state index is -0.454. The summed E-state index contributed by atoms with van der Waals surface area (Å²) in [6, 6.07) is 10.4. The molecule has 0 aliphatic heterocycles. The van der Waals surface area contributed by atoms with Crippen LogP contribution in [0.3, 0.4) is 0 Å². The molecule has 1 aromatic heterocycles. The highest BCUT2D eigenvalue weighted by atomic mass is 79.9. The van der Waals surface area contributed by atoms with Crippen LogP contribution >= 0.6 is 31.9 Å². The Kier molecular flexibility index (Phi) is 4.32. The van der Waals surface area contributed by atoms with Crippen molar-refractivity contribution >= 4 is 48.5 Å². The second-order valence-electron chi connectivity index (χ2n) is 4.90. The molecular weight excluding hydrogens is 428 g/mol. The average Bonchev–Trinajstić information content (AvgIpc) is 2.52. The molecule has 0 bridgehead atoms. The maximum Gasteiger partial charge on any atom is 0.311 e. The number of hydrogen-bond acceptors (Lipinski definition) is 4. The molecule has 5 nitrogen and oxygen atoms in total. The van der Waals surface area contributed by atoms with Crippen LogP contribution in [0.25, 0.3) is 10.9 Å². The van der Waals surface area contributed by atoms with Crippen molar-refractivity contribution in [2.24, 2.45) is 0 Å². The molecule has 3 rings (SSSR count). The van der Waals surface area contributed by atoms with Gasteiger partial charge in [0.15, 0.2) is 5.75 Å². The van der Waals surface area contributed by atoms with Crippen molar-refractivity contribution in [1.82, 2.24) is 4.98 Å². The molecule has 116 valence electrons. The highest BCUT2D eigenvalue weighted by molar-refractivity contribution is 9.11. The maximum atomic E-state index is 11.3. The SMILES string of the molecule is Cc1ccc(Oc2c(Br)cc(Br)c3cccnc23)c([N+](=O)[O-])c1. The number of pyridine rings is 1. The second kappa shape index (κ2) is 6.25. The van der Waals surface area contributed by atoms with Gasteiger partial charge in [0.25, 0.3) is 0 Å². The fraction of sp³-hybridized carbons (Fsp3) is 0.0625. The molecule has 0 aliphatic rings. The number of aryl methyl sites for hydroxylation is 1. The first-order chi connectivity index (χ1) is 11.0. The summed E-state index contributed by atoms with van der Waals surface area (Å²) in [4.78, 5) is 15.1. The van der Waals surface area contributed by atoms with Crippen LogP contribution in [0.4, 0.5) is 5.69 Å². The molecule has 0 amide bonds. The molecule has 23 heavy (non-hydrogen) atoms. The van der Waals surface area contributed by atoms with Gasteiger partial charge >= 0.3 is 5.69 Å². The van der Waals surface area contributed by atoms with Gasteiger partial charge in [0.1, 0.15) is 5.52 Å². The number of halogens is 2. The summed E-state index contributed by atoms with van der Waals surface area (Å²) in [5.74, 6) is 0.617. The molecular formula is C16H10Br2N2O3. The number of nitro benzene ring substituents is 1. The van der Waals surface area contributed by atoms with Crippen molar-refractivity contribution in [3.05, 3.63) is 67.2 Å². The molecule has 0 radical (unpaired) electrons. The van der Waals surface area contributed by atoms with Crippen LogP contribution in [0.1, 0.15) is 5.56 Å². The van der Waals surface area contributed by atoms with Crippen LogP contribution in [0.15, 0.2) is 51.5 Å². The predicted octanol–water partition coefficient (Wildman–Crippen LogP) is 5.77. The van der Waals surface area contributed by atoms with Gasteiger partial charge in [-0.15, -0.1) is 0 Å². The molecule has 0 N–H and O–H groups in total. The standard InChI is InChI=1S/C16H10Br2N2O3/c1-9-4-5-14(13(7-9)20(21)22)23-16-12(18)8-11(17)10-3-2-6-19-15(10)16/h2-8H,1H3. The van der Waals surface area contributed by atoms with Gasteiger partial charge in [-0.2, -0.15) is 0 Å². The van der Waals surface area contributed by atoms with E-state index < -0.39 is 4.92 Å². The Hall–Kier alpha value is -1.99. The van der Waals surface area contributed by atoms with Gasteiger partial charge in [0.2, 0.25) is 5.75 Å². The first-order valence-electron chi connectivity index (χ1n) is 6.63. The number of nitrogens with zero attached hydrogens (tertiary/aromatic N) is 2. The predicted molar refractivity (Wildman–Crippen MR) is 95.1 cm³/mol. The number of hydrogen-bond donors (Lipinski definition) is 0. The lowest BCUT2D eigenvalue weighted by Crippen LogP contribution is -1.96. The summed E-state index contributed by atoms with van der Waals surface area (Å²) in [7, 11) is 0. The lowest BCUT2D eigenvalue weighted by molar-refractivity contribution is -0.385. The third kappa shape index (κ3) is 3.07. The van der Waals surface area contributed by atoms with Crippen molar-refractivity contribution in [1.29, 1.82) is 0 Å². The van der Waals surface area contributed by atoms with Crippen molar-refractivity contribution in [2.75, 3.05) is 0 Å². The average molecular weight is 438 g/mol. The Labute approximate surface area is 148 Å². The van der Waals surface area contributed by atoms with Crippen LogP contribution in [0, 0.1) is 17.0 Å². The van der Waals surface area contributed by atoms with Gasteiger partial charge < -0.3 is 4.74 Å². The molecule has 7 heteroatoms. The van der Waals surface area contributed by atoms with E-state index in [9.17, 15) is 10.1 Å². The molecule has 0 saturated heterocycles. The second-order valence-corrected chi connectivity index (χ2v) is 6.61. The molecule has 0 aliphatic carbocycles. The first-order valence-corrected chi connectivity index (χ1v) is 8.21. The lowest BCUT2D eigenvalue weighted by Gasteiger charge is -2.12. The topological polar surface area (TPSA) is 65.3 Å². The number of fused-ring (bicyclic) bond motifs is 1. The van der Waals surface area contributed by atoms with Gasteiger partial charge in [-0.1, -0.05) is 28.1 Å². The van der Waals surface area contributed by atoms with Gasteiger partial charge in [-0.05, 0) is 46.6 Å². The van der Waals surface area contributed by atoms with E-state index in [1.165, 1.54) is 6.07 Å². The molecule has 0 fully saturated rings. The molecule has 3 aromatic rings. The summed E-state index contributed by atoms with van der Waals surface area (Å²) >= 11 is 6.92. The van der Waals surface area contributed by atoms with Crippen molar-refractivity contribution in [3.8, 4) is 11.5 Å². The van der Waals surface area contributed by atoms with E-state index in [4.69, 9.17) is 4.74 Å². The maximum absolute atomic E-state index is 11.3. The Balaban J connectivity index is 2.18. The fourth-order valence-corrected chi connectivity index (χ4v) is 3.56. The quantitative estimate of drug-likeness (QED) is 0.385. The number of nitro groups is 1. The summed E-state index contributed by atoms with van der Waals surface area (Å²) in [6.45, 7) is 1.79. The molecule has 1 heterocycles. The van der Waals surface area contributed by atoms with Crippen LogP contribution < -0.4 is 4.74 Å². The number of aromatic nitrogens is 1. The summed E-state index contributed by atoms with van der Waals surface area (Å²) in [6.07, 6.45) is 1.65. The lowest BCUT2D eigenvalue weighted by atomic mass is 10.2. The normalized spacial score (nSPS) is 10.7. The minimum Gasteiger partial charge on any atom is -0.447 e. The zero-order valence-corrected chi connectivity index (χ0v) is 15.1. The number of rotatable bonds is 3. The zero-order chi connectivity index (χ0) is 16.6. The van der Waals surface area contributed by atoms with Crippen LogP contribution in [0.2, 0.25) is 0 Å². The van der Waals surface area contributed by atoms with Crippen molar-refractivity contribution in [3.63, 3.8) is 0 Å². The summed E-state index contributed by atoms with van der Waals surface area (Å²) in [5.41, 5.74) is 1.33. The Morgan fingerprint density at radius 1 is 1.17 bits per heavy atom. The van der Waals surface area contributed by atoms with E-state index in [0.717, 1.165) is 15.4 Å². The van der Waals surface area contributed by atoms with Gasteiger partial charge in [-0.3, -0.25) is 15.1 Å². The Morgan fingerprint density at radius 2 is 1.96 bits per heavy atom. The minimum absolute atomic E-state index is 0.0797. The highest BCUT2D eigenvalue weighted by Gasteiger charge is 2.19. The molecule has 0 unspecified atom stereocenters. The van der Waals surface area contributed by atoms with E-state index in [2.05, 4.69) is 36.8 Å². The third-order valence-corrected chi connectivity index (χ3v) is 4.52. The van der Waals surface area contributed by atoms with E-state index in [1.54, 1.807) is 25.3 Å². The largest absolute Gasteiger partial charge is 0.447 e. The smallest absolute Gasteiger partial charge is 0.311 e. The van der Waals surface area contributed by atoms with Gasteiger partial charge in [-0.25, -0.2) is 0 Å². The zero-order valence-electron chi connectivity index (χ0n) is 11.9. The van der Waals surface area contributed by atoms with E-state index in [0.29, 0.717) is 15.7 Å². The van der Waals surface area contributed by atoms with E-state index in [-0.39, 0.29) is 11.4 Å². The third-order valence-electron chi connectivity index (χ3n) is 3.27. The first kappa shape index (κ1) is 15.9. The van der Waals surface area contributed by atoms with Crippen molar-refractivity contribution < 1.29 is 9.66 Å². The summed E-state index contributed by atoms with van der Waals surface area (Å²) in [5, 5.41) is 12.1. The Bertz CT molecular complexity index is 929. The molecule has 0 saturated carbocycles. The van der Waals surface area contributed by atoms with E-state index >= 15 is 0 Å². The summed E-state index contributed by atoms with van der Waals surface area (Å²) < 4.78 is 7.37. The van der Waals surface area contributed by atoms with Gasteiger partial charge in [0, 0.05) is 22.1 Å². The van der Waals surface area contributed by atoms with Crippen LogP contribution in [-0.4, -0.2) is 9.91 Å². The Morgan fingerprint density at radius 3 is 2.70 bits per heavy atom. The van der Waals surface area contributed by atoms with E-state index in [1.807, 2.05) is 18.2 Å².